The van der Waals surface area contributed by atoms with Gasteiger partial charge in [-0.25, -0.2) is 4.98 Å². The molecule has 0 bridgehead atoms. The summed E-state index contributed by atoms with van der Waals surface area (Å²) < 4.78 is 54.3. The third-order valence-electron chi connectivity index (χ3n) is 5.37. The second kappa shape index (κ2) is 8.95. The molecule has 2 aromatic rings. The lowest BCUT2D eigenvalue weighted by Gasteiger charge is -2.37. The summed E-state index contributed by atoms with van der Waals surface area (Å²) in [6.45, 7) is 4.30. The maximum Gasteiger partial charge on any atom is 0.433 e. The highest BCUT2D eigenvalue weighted by atomic mass is 19.4. The van der Waals surface area contributed by atoms with Crippen LogP contribution in [-0.2, 0) is 20.4 Å². The van der Waals surface area contributed by atoms with Crippen LogP contribution >= 0.6 is 0 Å². The topological polar surface area (TPSA) is 72.9 Å². The Hall–Kier alpha value is -2.85. The van der Waals surface area contributed by atoms with Crippen molar-refractivity contribution in [1.29, 1.82) is 0 Å². The van der Waals surface area contributed by atoms with E-state index in [1.54, 1.807) is 6.07 Å². The van der Waals surface area contributed by atoms with Crippen LogP contribution < -0.4 is 15.0 Å². The largest absolute Gasteiger partial charge is 0.456 e. The number of hydrogen-bond acceptors (Lipinski definition) is 6. The van der Waals surface area contributed by atoms with Crippen LogP contribution in [0.4, 0.5) is 18.9 Å². The van der Waals surface area contributed by atoms with E-state index in [9.17, 15) is 18.0 Å². The molecule has 0 aliphatic carbocycles. The highest BCUT2D eigenvalue weighted by Gasteiger charge is 2.35. The maximum absolute atomic E-state index is 12.7. The maximum atomic E-state index is 12.7. The highest BCUT2D eigenvalue weighted by Crippen LogP contribution is 2.31. The molecule has 32 heavy (non-hydrogen) atoms. The van der Waals surface area contributed by atoms with E-state index in [1.165, 1.54) is 6.07 Å². The number of hydrogen-bond donors (Lipinski definition) is 1. The van der Waals surface area contributed by atoms with Crippen molar-refractivity contribution in [2.75, 3.05) is 37.8 Å². The first-order valence-electron chi connectivity index (χ1n) is 10.3. The molecule has 10 heteroatoms. The second-order valence-corrected chi connectivity index (χ2v) is 8.21. The number of carbonyl (C=O) groups is 1. The number of anilines is 1. The number of carbonyl (C=O) groups excluding carboxylic acids is 1. The lowest BCUT2D eigenvalue weighted by atomic mass is 10.1. The van der Waals surface area contributed by atoms with Gasteiger partial charge in [-0.3, -0.25) is 4.79 Å². The summed E-state index contributed by atoms with van der Waals surface area (Å²) >= 11 is 0. The average molecular weight is 451 g/mol. The third-order valence-corrected chi connectivity index (χ3v) is 5.37. The van der Waals surface area contributed by atoms with E-state index < -0.39 is 11.9 Å². The van der Waals surface area contributed by atoms with E-state index >= 15 is 0 Å². The van der Waals surface area contributed by atoms with Crippen molar-refractivity contribution in [3.8, 4) is 11.5 Å². The summed E-state index contributed by atoms with van der Waals surface area (Å²) in [4.78, 5) is 17.7. The molecule has 0 unspecified atom stereocenters. The van der Waals surface area contributed by atoms with E-state index in [1.807, 2.05) is 25.1 Å². The number of ether oxygens (including phenoxy) is 3. The molecule has 2 aliphatic rings. The van der Waals surface area contributed by atoms with Gasteiger partial charge >= 0.3 is 6.18 Å². The highest BCUT2D eigenvalue weighted by molar-refractivity contribution is 5.77. The molecule has 0 radical (unpaired) electrons. The number of rotatable bonds is 7. The first-order valence-corrected chi connectivity index (χ1v) is 10.3. The van der Waals surface area contributed by atoms with Gasteiger partial charge in [-0.05, 0) is 37.6 Å². The number of pyridine rings is 1. The fourth-order valence-corrected chi connectivity index (χ4v) is 3.58. The Morgan fingerprint density at radius 2 is 2.09 bits per heavy atom. The summed E-state index contributed by atoms with van der Waals surface area (Å²) in [5.74, 6) is 0.546. The van der Waals surface area contributed by atoms with Crippen molar-refractivity contribution in [3.63, 3.8) is 0 Å². The summed E-state index contributed by atoms with van der Waals surface area (Å²) in [5.41, 5.74) is -0.444. The number of benzene rings is 1. The van der Waals surface area contributed by atoms with Crippen LogP contribution in [0.25, 0.3) is 0 Å². The number of nitrogens with one attached hydrogen (secondary N) is 1. The van der Waals surface area contributed by atoms with Crippen LogP contribution in [0.15, 0.2) is 42.6 Å². The lowest BCUT2D eigenvalue weighted by Crippen LogP contribution is -2.51. The number of nitrogens with zero attached hydrogens (tertiary/aromatic N) is 2. The van der Waals surface area contributed by atoms with E-state index in [2.05, 4.69) is 15.2 Å². The summed E-state index contributed by atoms with van der Waals surface area (Å²) in [6, 6.07) is 9.38. The molecule has 1 atom stereocenters. The molecule has 1 aromatic heterocycles. The molecule has 7 nitrogen and oxygen atoms in total. The Balaban J connectivity index is 1.30. The molecule has 172 valence electrons. The molecule has 0 saturated carbocycles. The number of amides is 1. The monoisotopic (exact) mass is 451 g/mol. The van der Waals surface area contributed by atoms with Gasteiger partial charge in [0.15, 0.2) is 0 Å². The minimum atomic E-state index is -4.49. The SMILES string of the molecule is CC1(OCC(=O)N[C@H]2CCN(c3cccc(Oc4ccc(C(F)(F)F)nc4)c3)C2)COC1. The number of alkyl halides is 3. The van der Waals surface area contributed by atoms with E-state index in [4.69, 9.17) is 14.2 Å². The van der Waals surface area contributed by atoms with Crippen molar-refractivity contribution in [2.24, 2.45) is 0 Å². The summed E-state index contributed by atoms with van der Waals surface area (Å²) in [7, 11) is 0. The van der Waals surface area contributed by atoms with Gasteiger partial charge in [0.1, 0.15) is 29.4 Å². The number of halogens is 3. The zero-order valence-corrected chi connectivity index (χ0v) is 17.5. The molecule has 1 aromatic carbocycles. The van der Waals surface area contributed by atoms with Crippen LogP contribution in [0.2, 0.25) is 0 Å². The van der Waals surface area contributed by atoms with Crippen LogP contribution in [0.3, 0.4) is 0 Å². The van der Waals surface area contributed by atoms with E-state index in [-0.39, 0.29) is 29.9 Å². The van der Waals surface area contributed by atoms with Gasteiger partial charge in [0.2, 0.25) is 5.91 Å². The molecule has 2 fully saturated rings. The third kappa shape index (κ3) is 5.49. The van der Waals surface area contributed by atoms with Gasteiger partial charge in [-0.2, -0.15) is 13.2 Å². The molecule has 4 rings (SSSR count). The Morgan fingerprint density at radius 3 is 2.75 bits per heavy atom. The van der Waals surface area contributed by atoms with Crippen LogP contribution in [0, 0.1) is 0 Å². The van der Waals surface area contributed by atoms with Crippen molar-refractivity contribution in [3.05, 3.63) is 48.3 Å². The van der Waals surface area contributed by atoms with Crippen molar-refractivity contribution < 1.29 is 32.2 Å². The van der Waals surface area contributed by atoms with Crippen molar-refractivity contribution >= 4 is 11.6 Å². The fourth-order valence-electron chi connectivity index (χ4n) is 3.58. The molecule has 2 aliphatic heterocycles. The number of aromatic nitrogens is 1. The lowest BCUT2D eigenvalue weighted by molar-refractivity contribution is -0.199. The van der Waals surface area contributed by atoms with Crippen LogP contribution in [-0.4, -0.2) is 55.4 Å². The van der Waals surface area contributed by atoms with Gasteiger partial charge in [-0.15, -0.1) is 0 Å². The Morgan fingerprint density at radius 1 is 1.28 bits per heavy atom. The zero-order valence-electron chi connectivity index (χ0n) is 17.5. The minimum Gasteiger partial charge on any atom is -0.456 e. The minimum absolute atomic E-state index is 0.000217. The predicted molar refractivity (Wildman–Crippen MR) is 110 cm³/mol. The van der Waals surface area contributed by atoms with Crippen molar-refractivity contribution in [2.45, 2.75) is 31.2 Å². The van der Waals surface area contributed by atoms with E-state index in [0.717, 1.165) is 30.9 Å². The predicted octanol–water partition coefficient (Wildman–Crippen LogP) is 3.39. The molecular formula is C22H24F3N3O4. The first-order chi connectivity index (χ1) is 15.2. The molecule has 0 spiro atoms. The average Bonchev–Trinajstić information content (AvgIpc) is 3.19. The fraction of sp³-hybridized carbons (Fsp3) is 0.455. The van der Waals surface area contributed by atoms with Gasteiger partial charge in [0, 0.05) is 30.9 Å². The first kappa shape index (κ1) is 22.3. The van der Waals surface area contributed by atoms with Gasteiger partial charge in [0.05, 0.1) is 19.4 Å². The molecular weight excluding hydrogens is 427 g/mol. The standard InChI is InChI=1S/C22H24F3N3O4/c1-21(13-30-14-21)31-12-20(29)27-15-7-8-28(11-15)16-3-2-4-17(9-16)32-18-5-6-19(26-10-18)22(23,24)25/h2-6,9-10,15H,7-8,11-14H2,1H3,(H,27,29)/t15-/m0/s1. The molecule has 3 heterocycles. The van der Waals surface area contributed by atoms with Gasteiger partial charge in [-0.1, -0.05) is 6.07 Å². The van der Waals surface area contributed by atoms with Gasteiger partial charge < -0.3 is 24.4 Å². The quantitative estimate of drug-likeness (QED) is 0.696. The second-order valence-electron chi connectivity index (χ2n) is 8.21. The Kier molecular flexibility index (Phi) is 6.25. The normalized spacial score (nSPS) is 20.0. The molecule has 1 N–H and O–H groups in total. The zero-order chi connectivity index (χ0) is 22.8. The van der Waals surface area contributed by atoms with Crippen LogP contribution in [0.5, 0.6) is 11.5 Å². The molecule has 2 saturated heterocycles. The summed E-state index contributed by atoms with van der Waals surface area (Å²) in [5, 5.41) is 2.99. The van der Waals surface area contributed by atoms with E-state index in [0.29, 0.717) is 25.5 Å². The van der Waals surface area contributed by atoms with Crippen molar-refractivity contribution in [1.82, 2.24) is 10.3 Å². The van der Waals surface area contributed by atoms with Gasteiger partial charge in [0.25, 0.3) is 0 Å². The van der Waals surface area contributed by atoms with Crippen LogP contribution in [0.1, 0.15) is 19.0 Å². The smallest absolute Gasteiger partial charge is 0.433 e. The molecule has 1 amide bonds. The summed E-state index contributed by atoms with van der Waals surface area (Å²) in [6.07, 6.45) is -2.65. The Labute approximate surface area is 183 Å². The Bertz CT molecular complexity index is 948.